The maximum atomic E-state index is 5.94. The first-order valence-corrected chi connectivity index (χ1v) is 7.31. The molecule has 0 fully saturated rings. The Labute approximate surface area is 128 Å². The quantitative estimate of drug-likeness (QED) is 0.696. The Morgan fingerprint density at radius 3 is 2.76 bits per heavy atom. The van der Waals surface area contributed by atoms with Crippen molar-refractivity contribution in [3.05, 3.63) is 35.8 Å². The zero-order valence-electron chi connectivity index (χ0n) is 12.3. The number of methoxy groups -OCH3 is 1. The van der Waals surface area contributed by atoms with Crippen molar-refractivity contribution < 1.29 is 4.74 Å². The van der Waals surface area contributed by atoms with Gasteiger partial charge in [0.2, 0.25) is 0 Å². The van der Waals surface area contributed by atoms with Crippen LogP contribution in [-0.2, 0) is 13.5 Å². The van der Waals surface area contributed by atoms with Crippen molar-refractivity contribution in [3.63, 3.8) is 0 Å². The van der Waals surface area contributed by atoms with E-state index in [1.54, 1.807) is 7.11 Å². The first-order valence-electron chi connectivity index (χ1n) is 6.77. The van der Waals surface area contributed by atoms with Crippen LogP contribution in [0.4, 0.5) is 0 Å². The molecule has 0 bridgehead atoms. The highest BCUT2D eigenvalue weighted by atomic mass is 35.5. The smallest absolute Gasteiger partial charge is 0.163 e. The first kappa shape index (κ1) is 13.9. The van der Waals surface area contributed by atoms with Gasteiger partial charge in [-0.2, -0.15) is 5.10 Å². The third-order valence-electron chi connectivity index (χ3n) is 3.52. The van der Waals surface area contributed by atoms with E-state index < -0.39 is 0 Å². The lowest BCUT2D eigenvalue weighted by atomic mass is 10.2. The highest BCUT2D eigenvalue weighted by molar-refractivity contribution is 6.17. The molecule has 3 aromatic rings. The van der Waals surface area contributed by atoms with Crippen molar-refractivity contribution in [2.45, 2.75) is 13.3 Å². The molecule has 6 heteroatoms. The Balaban J connectivity index is 2.36. The van der Waals surface area contributed by atoms with Crippen LogP contribution in [0.25, 0.3) is 16.9 Å². The molecular formula is C15H17ClN4O. The van der Waals surface area contributed by atoms with Gasteiger partial charge in [0.15, 0.2) is 5.65 Å². The van der Waals surface area contributed by atoms with Gasteiger partial charge in [0, 0.05) is 19.3 Å². The molecule has 0 aliphatic carbocycles. The standard InChI is InChI=1S/C15H17ClN4O/c1-10-14-15(19(2)18-10)20(13(17-14)8-9-16)11-6-4-5-7-12(11)21-3/h4-7H,8-9H2,1-3H3. The van der Waals surface area contributed by atoms with Gasteiger partial charge in [-0.25, -0.2) is 9.67 Å². The number of nitrogens with zero attached hydrogens (tertiary/aromatic N) is 4. The van der Waals surface area contributed by atoms with E-state index in [1.807, 2.05) is 42.9 Å². The second kappa shape index (κ2) is 5.41. The van der Waals surface area contributed by atoms with Gasteiger partial charge in [-0.3, -0.25) is 4.57 Å². The average molecular weight is 305 g/mol. The van der Waals surface area contributed by atoms with Gasteiger partial charge >= 0.3 is 0 Å². The summed E-state index contributed by atoms with van der Waals surface area (Å²) in [6.07, 6.45) is 0.688. The monoisotopic (exact) mass is 304 g/mol. The molecule has 110 valence electrons. The number of ether oxygens (including phenoxy) is 1. The molecule has 0 atom stereocenters. The van der Waals surface area contributed by atoms with Crippen LogP contribution in [0.1, 0.15) is 11.5 Å². The molecule has 0 unspecified atom stereocenters. The number of rotatable bonds is 4. The highest BCUT2D eigenvalue weighted by Crippen LogP contribution is 2.29. The second-order valence-electron chi connectivity index (χ2n) is 4.86. The lowest BCUT2D eigenvalue weighted by molar-refractivity contribution is 0.412. The van der Waals surface area contributed by atoms with Crippen LogP contribution >= 0.6 is 11.6 Å². The van der Waals surface area contributed by atoms with Gasteiger partial charge < -0.3 is 4.74 Å². The number of aryl methyl sites for hydroxylation is 3. The maximum Gasteiger partial charge on any atom is 0.163 e. The molecule has 0 saturated carbocycles. The normalized spacial score (nSPS) is 11.2. The predicted molar refractivity (Wildman–Crippen MR) is 83.5 cm³/mol. The Bertz CT molecular complexity index is 790. The maximum absolute atomic E-state index is 5.94. The molecule has 0 aliphatic heterocycles. The van der Waals surface area contributed by atoms with Crippen LogP contribution in [-0.4, -0.2) is 32.3 Å². The number of imidazole rings is 1. The van der Waals surface area contributed by atoms with Crippen molar-refractivity contribution in [3.8, 4) is 11.4 Å². The SMILES string of the molecule is COc1ccccc1-n1c(CCCl)nc2c(C)nn(C)c21. The summed E-state index contributed by atoms with van der Waals surface area (Å²) in [4.78, 5) is 4.71. The largest absolute Gasteiger partial charge is 0.495 e. The molecule has 0 spiro atoms. The molecule has 0 radical (unpaired) electrons. The molecule has 0 saturated heterocycles. The van der Waals surface area contributed by atoms with E-state index in [-0.39, 0.29) is 0 Å². The third-order valence-corrected chi connectivity index (χ3v) is 3.70. The minimum atomic E-state index is 0.519. The Morgan fingerprint density at radius 2 is 2.05 bits per heavy atom. The van der Waals surface area contributed by atoms with Crippen molar-refractivity contribution in [1.29, 1.82) is 0 Å². The van der Waals surface area contributed by atoms with E-state index in [4.69, 9.17) is 21.3 Å². The molecule has 2 aromatic heterocycles. The van der Waals surface area contributed by atoms with Gasteiger partial charge in [0.05, 0.1) is 18.5 Å². The molecule has 1 aromatic carbocycles. The first-order chi connectivity index (χ1) is 10.2. The van der Waals surface area contributed by atoms with Crippen LogP contribution in [0, 0.1) is 6.92 Å². The van der Waals surface area contributed by atoms with E-state index in [0.717, 1.165) is 34.1 Å². The Morgan fingerprint density at radius 1 is 1.29 bits per heavy atom. The number of fused-ring (bicyclic) bond motifs is 1. The molecule has 3 rings (SSSR count). The zero-order valence-corrected chi connectivity index (χ0v) is 13.1. The van der Waals surface area contributed by atoms with E-state index >= 15 is 0 Å². The average Bonchev–Trinajstić information content (AvgIpc) is 2.98. The molecular weight excluding hydrogens is 288 g/mol. The summed E-state index contributed by atoms with van der Waals surface area (Å²) < 4.78 is 9.42. The van der Waals surface area contributed by atoms with Crippen LogP contribution in [0.15, 0.2) is 24.3 Å². The fraction of sp³-hybridized carbons (Fsp3) is 0.333. The molecule has 2 heterocycles. The summed E-state index contributed by atoms with van der Waals surface area (Å²) in [5.74, 6) is 2.23. The summed E-state index contributed by atoms with van der Waals surface area (Å²) in [7, 11) is 3.59. The number of aromatic nitrogens is 4. The molecule has 0 amide bonds. The summed E-state index contributed by atoms with van der Waals surface area (Å²) in [5.41, 5.74) is 3.73. The summed E-state index contributed by atoms with van der Waals surface area (Å²) in [6, 6.07) is 7.89. The van der Waals surface area contributed by atoms with Crippen LogP contribution in [0.5, 0.6) is 5.75 Å². The van der Waals surface area contributed by atoms with Gasteiger partial charge in [-0.1, -0.05) is 12.1 Å². The lowest BCUT2D eigenvalue weighted by Crippen LogP contribution is -2.07. The highest BCUT2D eigenvalue weighted by Gasteiger charge is 2.20. The van der Waals surface area contributed by atoms with E-state index in [1.165, 1.54) is 0 Å². The number of hydrogen-bond donors (Lipinski definition) is 0. The lowest BCUT2D eigenvalue weighted by Gasteiger charge is -2.13. The van der Waals surface area contributed by atoms with Gasteiger partial charge in [0.1, 0.15) is 17.1 Å². The summed E-state index contributed by atoms with van der Waals surface area (Å²) in [6.45, 7) is 1.96. The topological polar surface area (TPSA) is 44.9 Å². The molecule has 0 aliphatic rings. The molecule has 0 N–H and O–H groups in total. The summed E-state index contributed by atoms with van der Waals surface area (Å²) >= 11 is 5.94. The third kappa shape index (κ3) is 2.17. The van der Waals surface area contributed by atoms with Crippen molar-refractivity contribution in [1.82, 2.24) is 19.3 Å². The van der Waals surface area contributed by atoms with Gasteiger partial charge in [-0.05, 0) is 19.1 Å². The fourth-order valence-electron chi connectivity index (χ4n) is 2.64. The van der Waals surface area contributed by atoms with E-state index in [9.17, 15) is 0 Å². The fourth-order valence-corrected chi connectivity index (χ4v) is 2.81. The Kier molecular flexibility index (Phi) is 3.59. The molecule has 21 heavy (non-hydrogen) atoms. The van der Waals surface area contributed by atoms with Crippen molar-refractivity contribution >= 4 is 22.8 Å². The zero-order chi connectivity index (χ0) is 15.0. The van der Waals surface area contributed by atoms with Crippen molar-refractivity contribution in [2.24, 2.45) is 7.05 Å². The van der Waals surface area contributed by atoms with Gasteiger partial charge in [-0.15, -0.1) is 11.6 Å². The number of hydrogen-bond acceptors (Lipinski definition) is 3. The van der Waals surface area contributed by atoms with Gasteiger partial charge in [0.25, 0.3) is 0 Å². The summed E-state index contributed by atoms with van der Waals surface area (Å²) in [5, 5.41) is 4.45. The van der Waals surface area contributed by atoms with Crippen LogP contribution < -0.4 is 4.74 Å². The number of halogens is 1. The van der Waals surface area contributed by atoms with Crippen LogP contribution in [0.2, 0.25) is 0 Å². The Hall–Kier alpha value is -2.01. The van der Waals surface area contributed by atoms with Crippen LogP contribution in [0.3, 0.4) is 0 Å². The minimum absolute atomic E-state index is 0.519. The molecule has 5 nitrogen and oxygen atoms in total. The van der Waals surface area contributed by atoms with Crippen molar-refractivity contribution in [2.75, 3.05) is 13.0 Å². The van der Waals surface area contributed by atoms with E-state index in [2.05, 4.69) is 9.67 Å². The minimum Gasteiger partial charge on any atom is -0.495 e. The number of alkyl halides is 1. The van der Waals surface area contributed by atoms with E-state index in [0.29, 0.717) is 12.3 Å². The number of benzene rings is 1. The predicted octanol–water partition coefficient (Wildman–Crippen LogP) is 2.86. The number of para-hydroxylation sites is 2. The second-order valence-corrected chi connectivity index (χ2v) is 5.23.